The van der Waals surface area contributed by atoms with Crippen LogP contribution in [0.4, 0.5) is 0 Å². The van der Waals surface area contributed by atoms with Crippen molar-refractivity contribution in [1.29, 1.82) is 0 Å². The second-order valence-corrected chi connectivity index (χ2v) is 9.23. The summed E-state index contributed by atoms with van der Waals surface area (Å²) in [5.74, 6) is 0.951. The molecule has 130 valence electrons. The SMILES string of the molecule is CC(Sc1nnc(-c2cccs2)n1C1CC1)C(=O)NCc1cccs1. The molecule has 1 N–H and O–H groups in total. The monoisotopic (exact) mass is 390 g/mol. The van der Waals surface area contributed by atoms with Crippen LogP contribution in [0.15, 0.2) is 40.2 Å². The molecule has 1 aliphatic carbocycles. The number of carbonyl (C=O) groups excluding carboxylic acids is 1. The van der Waals surface area contributed by atoms with Gasteiger partial charge in [-0.3, -0.25) is 9.36 Å². The van der Waals surface area contributed by atoms with E-state index in [-0.39, 0.29) is 11.2 Å². The molecule has 8 heteroatoms. The number of thioether (sulfide) groups is 1. The first-order valence-electron chi connectivity index (χ1n) is 8.18. The molecule has 1 aliphatic rings. The molecule has 0 bridgehead atoms. The lowest BCUT2D eigenvalue weighted by molar-refractivity contribution is -0.120. The van der Waals surface area contributed by atoms with Crippen molar-refractivity contribution in [3.8, 4) is 10.7 Å². The summed E-state index contributed by atoms with van der Waals surface area (Å²) in [5, 5.41) is 16.5. The minimum Gasteiger partial charge on any atom is -0.350 e. The molecule has 5 nitrogen and oxygen atoms in total. The van der Waals surface area contributed by atoms with E-state index >= 15 is 0 Å². The normalized spacial score (nSPS) is 15.2. The van der Waals surface area contributed by atoms with Crippen LogP contribution in [-0.2, 0) is 11.3 Å². The van der Waals surface area contributed by atoms with Gasteiger partial charge < -0.3 is 5.32 Å². The Hall–Kier alpha value is -1.64. The first kappa shape index (κ1) is 16.8. The zero-order chi connectivity index (χ0) is 17.2. The lowest BCUT2D eigenvalue weighted by Gasteiger charge is -2.12. The van der Waals surface area contributed by atoms with Crippen molar-refractivity contribution in [3.05, 3.63) is 39.9 Å². The molecular formula is C17H18N4OS3. The smallest absolute Gasteiger partial charge is 0.233 e. The van der Waals surface area contributed by atoms with Gasteiger partial charge >= 0.3 is 0 Å². The Bertz CT molecular complexity index is 838. The zero-order valence-corrected chi connectivity index (χ0v) is 16.2. The van der Waals surface area contributed by atoms with Crippen LogP contribution in [0.3, 0.4) is 0 Å². The first-order chi connectivity index (χ1) is 12.2. The third-order valence-corrected chi connectivity index (χ3v) is 6.79. The fraction of sp³-hybridized carbons (Fsp3) is 0.353. The van der Waals surface area contributed by atoms with Gasteiger partial charge in [-0.2, -0.15) is 0 Å². The number of carbonyl (C=O) groups is 1. The van der Waals surface area contributed by atoms with Crippen LogP contribution in [0.1, 0.15) is 30.7 Å². The highest BCUT2D eigenvalue weighted by molar-refractivity contribution is 8.00. The summed E-state index contributed by atoms with van der Waals surface area (Å²) in [6.07, 6.45) is 2.31. The Balaban J connectivity index is 1.46. The molecule has 1 unspecified atom stereocenters. The van der Waals surface area contributed by atoms with E-state index in [1.54, 1.807) is 22.7 Å². The summed E-state index contributed by atoms with van der Waals surface area (Å²) in [7, 11) is 0. The number of amides is 1. The summed E-state index contributed by atoms with van der Waals surface area (Å²) >= 11 is 4.81. The van der Waals surface area contributed by atoms with E-state index in [9.17, 15) is 4.79 Å². The third kappa shape index (κ3) is 3.80. The van der Waals surface area contributed by atoms with Gasteiger partial charge in [0.05, 0.1) is 16.7 Å². The molecule has 0 spiro atoms. The van der Waals surface area contributed by atoms with Crippen LogP contribution in [0.5, 0.6) is 0 Å². The fourth-order valence-corrected chi connectivity index (χ4v) is 4.83. The van der Waals surface area contributed by atoms with Crippen LogP contribution >= 0.6 is 34.4 Å². The van der Waals surface area contributed by atoms with Crippen molar-refractivity contribution < 1.29 is 4.79 Å². The predicted molar refractivity (Wildman–Crippen MR) is 103 cm³/mol. The molecule has 0 radical (unpaired) electrons. The van der Waals surface area contributed by atoms with E-state index in [1.807, 2.05) is 30.5 Å². The van der Waals surface area contributed by atoms with Gasteiger partial charge in [0.15, 0.2) is 11.0 Å². The van der Waals surface area contributed by atoms with E-state index in [2.05, 4.69) is 31.5 Å². The van der Waals surface area contributed by atoms with E-state index in [1.165, 1.54) is 11.8 Å². The molecule has 1 saturated carbocycles. The Morgan fingerprint density at radius 1 is 1.32 bits per heavy atom. The van der Waals surface area contributed by atoms with Crippen LogP contribution < -0.4 is 5.32 Å². The number of nitrogens with one attached hydrogen (secondary N) is 1. The van der Waals surface area contributed by atoms with Gasteiger partial charge in [0.1, 0.15) is 0 Å². The number of thiophene rings is 2. The molecule has 3 aromatic heterocycles. The zero-order valence-electron chi connectivity index (χ0n) is 13.7. The van der Waals surface area contributed by atoms with Crippen molar-refractivity contribution in [2.24, 2.45) is 0 Å². The van der Waals surface area contributed by atoms with E-state index < -0.39 is 0 Å². The Morgan fingerprint density at radius 2 is 2.12 bits per heavy atom. The summed E-state index contributed by atoms with van der Waals surface area (Å²) in [6, 6.07) is 8.59. The molecule has 0 aliphatic heterocycles. The highest BCUT2D eigenvalue weighted by Crippen LogP contribution is 2.42. The van der Waals surface area contributed by atoms with E-state index in [0.29, 0.717) is 12.6 Å². The second kappa shape index (κ2) is 7.31. The molecule has 0 aromatic carbocycles. The number of rotatable bonds is 7. The average Bonchev–Trinajstić information content (AvgIpc) is 3.05. The Morgan fingerprint density at radius 3 is 2.80 bits per heavy atom. The fourth-order valence-electron chi connectivity index (χ4n) is 2.54. The third-order valence-electron chi connectivity index (χ3n) is 3.99. The molecule has 1 amide bonds. The summed E-state index contributed by atoms with van der Waals surface area (Å²) in [6.45, 7) is 2.50. The maximum absolute atomic E-state index is 12.4. The predicted octanol–water partition coefficient (Wildman–Crippen LogP) is 4.20. The molecule has 1 fully saturated rings. The van der Waals surface area contributed by atoms with Crippen LogP contribution in [0, 0.1) is 0 Å². The highest BCUT2D eigenvalue weighted by atomic mass is 32.2. The lowest BCUT2D eigenvalue weighted by Crippen LogP contribution is -2.30. The van der Waals surface area contributed by atoms with Gasteiger partial charge in [0, 0.05) is 10.9 Å². The molecule has 25 heavy (non-hydrogen) atoms. The number of nitrogens with zero attached hydrogens (tertiary/aromatic N) is 3. The van der Waals surface area contributed by atoms with Gasteiger partial charge in [0.25, 0.3) is 0 Å². The van der Waals surface area contributed by atoms with Crippen molar-refractivity contribution >= 4 is 40.3 Å². The summed E-state index contributed by atoms with van der Waals surface area (Å²) in [5.41, 5.74) is 0. The van der Waals surface area contributed by atoms with Crippen molar-refractivity contribution in [1.82, 2.24) is 20.1 Å². The van der Waals surface area contributed by atoms with Gasteiger partial charge in [-0.1, -0.05) is 23.9 Å². The molecule has 4 rings (SSSR count). The minimum absolute atomic E-state index is 0.0291. The maximum atomic E-state index is 12.4. The minimum atomic E-state index is -0.210. The van der Waals surface area contributed by atoms with Crippen molar-refractivity contribution in [2.75, 3.05) is 0 Å². The van der Waals surface area contributed by atoms with Gasteiger partial charge in [-0.15, -0.1) is 32.9 Å². The molecule has 0 saturated heterocycles. The van der Waals surface area contributed by atoms with Gasteiger partial charge in [-0.25, -0.2) is 0 Å². The van der Waals surface area contributed by atoms with Crippen LogP contribution in [-0.4, -0.2) is 25.9 Å². The summed E-state index contributed by atoms with van der Waals surface area (Å²) < 4.78 is 2.21. The van der Waals surface area contributed by atoms with Gasteiger partial charge in [0.2, 0.25) is 5.91 Å². The van der Waals surface area contributed by atoms with Crippen molar-refractivity contribution in [2.45, 2.75) is 42.8 Å². The average molecular weight is 391 g/mol. The van der Waals surface area contributed by atoms with E-state index in [4.69, 9.17) is 0 Å². The largest absolute Gasteiger partial charge is 0.350 e. The molecular weight excluding hydrogens is 372 g/mol. The Labute approximate surface area is 158 Å². The number of hydrogen-bond acceptors (Lipinski definition) is 6. The van der Waals surface area contributed by atoms with Gasteiger partial charge in [-0.05, 0) is 42.7 Å². The van der Waals surface area contributed by atoms with Crippen LogP contribution in [0.2, 0.25) is 0 Å². The number of hydrogen-bond donors (Lipinski definition) is 1. The molecule has 3 aromatic rings. The maximum Gasteiger partial charge on any atom is 0.233 e. The second-order valence-electron chi connectivity index (χ2n) is 5.94. The van der Waals surface area contributed by atoms with E-state index in [0.717, 1.165) is 33.6 Å². The van der Waals surface area contributed by atoms with Crippen LogP contribution in [0.25, 0.3) is 10.7 Å². The topological polar surface area (TPSA) is 59.8 Å². The first-order valence-corrected chi connectivity index (χ1v) is 10.8. The highest BCUT2D eigenvalue weighted by Gasteiger charge is 2.31. The quantitative estimate of drug-likeness (QED) is 0.614. The van der Waals surface area contributed by atoms with Crippen molar-refractivity contribution in [3.63, 3.8) is 0 Å². The Kier molecular flexibility index (Phi) is 4.91. The number of aromatic nitrogens is 3. The molecule has 3 heterocycles. The standard InChI is InChI=1S/C17H18N4OS3/c1-11(16(22)18-10-13-4-2-8-23-13)25-17-20-19-15(14-5-3-9-24-14)21(17)12-6-7-12/h2-5,8-9,11-12H,6-7,10H2,1H3,(H,18,22). The summed E-state index contributed by atoms with van der Waals surface area (Å²) in [4.78, 5) is 14.7. The molecule has 1 atom stereocenters. The lowest BCUT2D eigenvalue weighted by atomic mass is 10.4.